The summed E-state index contributed by atoms with van der Waals surface area (Å²) in [4.78, 5) is 28.4. The van der Waals surface area contributed by atoms with E-state index >= 15 is 0 Å². The van der Waals surface area contributed by atoms with E-state index in [0.717, 1.165) is 52.0 Å². The number of amides is 3. The topological polar surface area (TPSA) is 73.9 Å². The molecule has 154 valence electrons. The van der Waals surface area contributed by atoms with E-state index < -0.39 is 5.60 Å². The number of carbonyl (C=O) groups excluding carboxylic acids is 2. The summed E-state index contributed by atoms with van der Waals surface area (Å²) in [5.74, 6) is 0.927. The molecule has 4 aliphatic rings. The third kappa shape index (κ3) is 3.98. The Bertz CT molecular complexity index is 701. The predicted octanol–water partition coefficient (Wildman–Crippen LogP) is 2.67. The first-order chi connectivity index (χ1) is 13.3. The van der Waals surface area contributed by atoms with Crippen LogP contribution in [0.2, 0.25) is 0 Å². The second-order valence-electron chi connectivity index (χ2n) is 9.64. The number of hydrogen-bond acceptors (Lipinski definition) is 4. The fourth-order valence-electron chi connectivity index (χ4n) is 4.66. The molecule has 3 heterocycles. The minimum atomic E-state index is -0.452. The Balaban J connectivity index is 1.21. The third-order valence-electron chi connectivity index (χ3n) is 6.48. The molecule has 3 aliphatic heterocycles. The second kappa shape index (κ2) is 7.01. The van der Waals surface area contributed by atoms with Crippen LogP contribution < -0.4 is 10.6 Å². The van der Waals surface area contributed by atoms with Crippen molar-refractivity contribution in [3.8, 4) is 0 Å². The number of nitrogens with zero attached hydrogens (tertiary/aromatic N) is 2. The number of hydrogen-bond donors (Lipinski definition) is 2. The van der Waals surface area contributed by atoms with Crippen LogP contribution in [0.5, 0.6) is 0 Å². The van der Waals surface area contributed by atoms with E-state index in [4.69, 9.17) is 4.74 Å². The van der Waals surface area contributed by atoms with Gasteiger partial charge >= 0.3 is 12.1 Å². The molecule has 2 atom stereocenters. The predicted molar refractivity (Wildman–Crippen MR) is 106 cm³/mol. The highest BCUT2D eigenvalue weighted by Gasteiger charge is 2.55. The van der Waals surface area contributed by atoms with Crippen LogP contribution in [-0.4, -0.2) is 60.2 Å². The lowest BCUT2D eigenvalue weighted by atomic mass is 9.91. The van der Waals surface area contributed by atoms with Crippen LogP contribution in [0.25, 0.3) is 0 Å². The summed E-state index contributed by atoms with van der Waals surface area (Å²) >= 11 is 0. The number of ether oxygens (including phenoxy) is 1. The van der Waals surface area contributed by atoms with Crippen molar-refractivity contribution in [2.45, 2.75) is 45.6 Å². The normalized spacial score (nSPS) is 27.8. The number of piperidine rings is 1. The molecule has 0 bridgehead atoms. The van der Waals surface area contributed by atoms with Gasteiger partial charge in [-0.3, -0.25) is 0 Å². The Kier molecular flexibility index (Phi) is 4.79. The molecule has 7 heteroatoms. The zero-order valence-electron chi connectivity index (χ0n) is 17.2. The standard InChI is InChI=1S/C21H32N4O3/c1-20(2,3)28-19(27)24-8-5-21(6-9-24)10-17(21)12-23-18(26)25-13-15-4-7-22-11-16(15)14-25/h4,7,13,16-17,22H,5-6,8-12,14H2,1-3H3,(H,23,26). The molecule has 2 unspecified atom stereocenters. The van der Waals surface area contributed by atoms with Crippen molar-refractivity contribution < 1.29 is 14.3 Å². The van der Waals surface area contributed by atoms with Crippen LogP contribution in [0.4, 0.5) is 9.59 Å². The van der Waals surface area contributed by atoms with Crippen molar-refractivity contribution in [3.05, 3.63) is 24.0 Å². The lowest BCUT2D eigenvalue weighted by molar-refractivity contribution is 0.0165. The smallest absolute Gasteiger partial charge is 0.410 e. The first-order valence-corrected chi connectivity index (χ1v) is 10.4. The van der Waals surface area contributed by atoms with Crippen LogP contribution in [0, 0.1) is 17.3 Å². The highest BCUT2D eigenvalue weighted by atomic mass is 16.6. The molecule has 1 spiro atoms. The number of carbonyl (C=O) groups is 2. The van der Waals surface area contributed by atoms with Gasteiger partial charge in [-0.2, -0.15) is 0 Å². The Morgan fingerprint density at radius 1 is 1.32 bits per heavy atom. The minimum absolute atomic E-state index is 0.00328. The minimum Gasteiger partial charge on any atom is -0.444 e. The number of urea groups is 1. The monoisotopic (exact) mass is 388 g/mol. The van der Waals surface area contributed by atoms with E-state index in [1.165, 1.54) is 5.57 Å². The SMILES string of the molecule is CC(C)(C)OC(=O)N1CCC2(CC1)CC2CNC(=O)N1C=C2C=CNCC2C1. The fraction of sp³-hybridized carbons (Fsp3) is 0.714. The average molecular weight is 389 g/mol. The zero-order chi connectivity index (χ0) is 19.9. The maximum Gasteiger partial charge on any atom is 0.410 e. The first kappa shape index (κ1) is 19.2. The maximum absolute atomic E-state index is 12.5. The largest absolute Gasteiger partial charge is 0.444 e. The van der Waals surface area contributed by atoms with Crippen molar-refractivity contribution in [1.29, 1.82) is 0 Å². The van der Waals surface area contributed by atoms with E-state index in [9.17, 15) is 9.59 Å². The Morgan fingerprint density at radius 2 is 2.07 bits per heavy atom. The highest BCUT2D eigenvalue weighted by Crippen LogP contribution is 2.59. The first-order valence-electron chi connectivity index (χ1n) is 10.4. The Hall–Kier alpha value is -2.18. The van der Waals surface area contributed by atoms with Crippen molar-refractivity contribution in [1.82, 2.24) is 20.4 Å². The van der Waals surface area contributed by atoms with Gasteiger partial charge in [-0.25, -0.2) is 9.59 Å². The quantitative estimate of drug-likeness (QED) is 0.763. The molecule has 3 amide bonds. The van der Waals surface area contributed by atoms with Gasteiger partial charge in [-0.1, -0.05) is 0 Å². The van der Waals surface area contributed by atoms with E-state index in [1.54, 1.807) is 4.90 Å². The summed E-state index contributed by atoms with van der Waals surface area (Å²) in [6, 6.07) is 0.00328. The van der Waals surface area contributed by atoms with Crippen molar-refractivity contribution in [2.75, 3.05) is 32.7 Å². The number of rotatable bonds is 2. The maximum atomic E-state index is 12.5. The number of fused-ring (bicyclic) bond motifs is 1. The Labute approximate surface area is 167 Å². The van der Waals surface area contributed by atoms with Crippen LogP contribution in [-0.2, 0) is 4.74 Å². The van der Waals surface area contributed by atoms with E-state index in [1.807, 2.05) is 38.1 Å². The molecule has 4 rings (SSSR count). The molecule has 2 fully saturated rings. The lowest BCUT2D eigenvalue weighted by Gasteiger charge is -2.34. The van der Waals surface area contributed by atoms with Gasteiger partial charge in [0, 0.05) is 44.8 Å². The van der Waals surface area contributed by atoms with Gasteiger partial charge in [0.25, 0.3) is 0 Å². The summed E-state index contributed by atoms with van der Waals surface area (Å²) in [6.45, 7) is 9.56. The summed E-state index contributed by atoms with van der Waals surface area (Å²) in [5.41, 5.74) is 1.08. The highest BCUT2D eigenvalue weighted by molar-refractivity contribution is 5.76. The van der Waals surface area contributed by atoms with Gasteiger partial charge in [0.2, 0.25) is 0 Å². The van der Waals surface area contributed by atoms with Crippen LogP contribution in [0.3, 0.4) is 0 Å². The van der Waals surface area contributed by atoms with Gasteiger partial charge in [-0.05, 0) is 69.2 Å². The summed E-state index contributed by atoms with van der Waals surface area (Å²) < 4.78 is 5.48. The molecule has 0 radical (unpaired) electrons. The molecule has 1 aliphatic carbocycles. The summed E-state index contributed by atoms with van der Waals surface area (Å²) in [7, 11) is 0. The molecular weight excluding hydrogens is 356 g/mol. The van der Waals surface area contributed by atoms with Crippen LogP contribution >= 0.6 is 0 Å². The molecule has 0 aromatic carbocycles. The van der Waals surface area contributed by atoms with Crippen LogP contribution in [0.15, 0.2) is 24.0 Å². The van der Waals surface area contributed by atoms with Gasteiger partial charge < -0.3 is 25.2 Å². The van der Waals surface area contributed by atoms with E-state index in [0.29, 0.717) is 17.3 Å². The molecule has 0 aromatic rings. The van der Waals surface area contributed by atoms with Gasteiger partial charge in [0.05, 0.1) is 0 Å². The van der Waals surface area contributed by atoms with Crippen molar-refractivity contribution in [2.24, 2.45) is 17.3 Å². The van der Waals surface area contributed by atoms with Gasteiger partial charge in [-0.15, -0.1) is 0 Å². The van der Waals surface area contributed by atoms with E-state index in [2.05, 4.69) is 16.7 Å². The molecule has 28 heavy (non-hydrogen) atoms. The molecular formula is C21H32N4O3. The van der Waals surface area contributed by atoms with E-state index in [-0.39, 0.29) is 12.1 Å². The number of likely N-dealkylation sites (tertiary alicyclic amines) is 1. The zero-order valence-corrected chi connectivity index (χ0v) is 17.2. The summed E-state index contributed by atoms with van der Waals surface area (Å²) in [6.07, 6.45) is 8.90. The average Bonchev–Trinajstić information content (AvgIpc) is 3.11. The number of nitrogens with one attached hydrogen (secondary N) is 2. The van der Waals surface area contributed by atoms with Gasteiger partial charge in [0.1, 0.15) is 5.60 Å². The molecule has 0 aromatic heterocycles. The lowest BCUT2D eigenvalue weighted by Crippen LogP contribution is -2.43. The van der Waals surface area contributed by atoms with Crippen molar-refractivity contribution >= 4 is 12.1 Å². The second-order valence-corrected chi connectivity index (χ2v) is 9.64. The summed E-state index contributed by atoms with van der Waals surface area (Å²) in [5, 5.41) is 6.35. The van der Waals surface area contributed by atoms with Crippen LogP contribution in [0.1, 0.15) is 40.0 Å². The third-order valence-corrected chi connectivity index (χ3v) is 6.48. The van der Waals surface area contributed by atoms with Crippen molar-refractivity contribution in [3.63, 3.8) is 0 Å². The number of allylic oxidation sites excluding steroid dienone is 1. The fourth-order valence-corrected chi connectivity index (χ4v) is 4.66. The Morgan fingerprint density at radius 3 is 2.75 bits per heavy atom. The molecule has 7 nitrogen and oxygen atoms in total. The van der Waals surface area contributed by atoms with Gasteiger partial charge in [0.15, 0.2) is 0 Å². The molecule has 1 saturated heterocycles. The molecule has 2 N–H and O–H groups in total. The molecule has 1 saturated carbocycles.